The Morgan fingerprint density at radius 1 is 1.54 bits per heavy atom. The van der Waals surface area contributed by atoms with Gasteiger partial charge in [0.2, 0.25) is 5.91 Å². The van der Waals surface area contributed by atoms with Gasteiger partial charge in [0.15, 0.2) is 0 Å². The van der Waals surface area contributed by atoms with E-state index in [2.05, 4.69) is 0 Å². The molecule has 0 aliphatic carbocycles. The molecule has 0 aromatic rings. The van der Waals surface area contributed by atoms with Crippen LogP contribution >= 0.6 is 0 Å². The van der Waals surface area contributed by atoms with Gasteiger partial charge < -0.3 is 10.0 Å². The van der Waals surface area contributed by atoms with Gasteiger partial charge in [-0.05, 0) is 18.8 Å². The van der Waals surface area contributed by atoms with Crippen LogP contribution in [0.5, 0.6) is 0 Å². The monoisotopic (exact) mass is 185 g/mol. The number of piperidine rings is 1. The number of carbonyl (C=O) groups excluding carboxylic acids is 1. The van der Waals surface area contributed by atoms with Gasteiger partial charge in [0.05, 0.1) is 0 Å². The van der Waals surface area contributed by atoms with Gasteiger partial charge in [0, 0.05) is 26.4 Å². The van der Waals surface area contributed by atoms with Crippen molar-refractivity contribution in [1.29, 1.82) is 0 Å². The van der Waals surface area contributed by atoms with E-state index in [0.29, 0.717) is 6.54 Å². The number of hydrogen-bond acceptors (Lipinski definition) is 2. The van der Waals surface area contributed by atoms with Crippen molar-refractivity contribution in [3.8, 4) is 0 Å². The lowest BCUT2D eigenvalue weighted by molar-refractivity contribution is -0.140. The topological polar surface area (TPSA) is 57.6 Å². The van der Waals surface area contributed by atoms with E-state index in [1.165, 1.54) is 6.92 Å². The minimum absolute atomic E-state index is 0.0510. The summed E-state index contributed by atoms with van der Waals surface area (Å²) in [6, 6.07) is 0. The average molecular weight is 185 g/mol. The maximum absolute atomic E-state index is 11.0. The number of nitrogens with zero attached hydrogens (tertiary/aromatic N) is 1. The molecular formula is C9H15NO3. The second-order valence-corrected chi connectivity index (χ2v) is 3.57. The Bertz CT molecular complexity index is 215. The molecule has 1 fully saturated rings. The molecule has 0 unspecified atom stereocenters. The quantitative estimate of drug-likeness (QED) is 0.689. The number of carbonyl (C=O) groups is 2. The van der Waals surface area contributed by atoms with E-state index in [4.69, 9.17) is 5.11 Å². The summed E-state index contributed by atoms with van der Waals surface area (Å²) in [6.45, 7) is 2.93. The highest BCUT2D eigenvalue weighted by Crippen LogP contribution is 2.19. The zero-order chi connectivity index (χ0) is 9.84. The maximum Gasteiger partial charge on any atom is 0.303 e. The van der Waals surface area contributed by atoms with Crippen LogP contribution < -0.4 is 0 Å². The Hall–Kier alpha value is -1.06. The lowest BCUT2D eigenvalue weighted by atomic mass is 9.95. The van der Waals surface area contributed by atoms with Crippen LogP contribution in [-0.4, -0.2) is 35.0 Å². The van der Waals surface area contributed by atoms with E-state index < -0.39 is 5.97 Å². The molecule has 0 saturated carbocycles. The Kier molecular flexibility index (Phi) is 3.28. The number of amides is 1. The van der Waals surface area contributed by atoms with Crippen molar-refractivity contribution in [2.75, 3.05) is 13.1 Å². The first-order valence-corrected chi connectivity index (χ1v) is 4.57. The Morgan fingerprint density at radius 3 is 2.77 bits per heavy atom. The molecule has 0 bridgehead atoms. The van der Waals surface area contributed by atoms with Gasteiger partial charge in [-0.1, -0.05) is 0 Å². The van der Waals surface area contributed by atoms with Crippen molar-refractivity contribution < 1.29 is 14.7 Å². The molecule has 1 aliphatic rings. The van der Waals surface area contributed by atoms with E-state index in [-0.39, 0.29) is 18.2 Å². The highest BCUT2D eigenvalue weighted by Gasteiger charge is 2.22. The third-order valence-corrected chi connectivity index (χ3v) is 2.43. The van der Waals surface area contributed by atoms with Gasteiger partial charge in [-0.25, -0.2) is 0 Å². The smallest absolute Gasteiger partial charge is 0.303 e. The summed E-state index contributed by atoms with van der Waals surface area (Å²) in [6.07, 6.45) is 2.04. The third-order valence-electron chi connectivity index (χ3n) is 2.43. The molecule has 0 radical (unpaired) electrons. The van der Waals surface area contributed by atoms with Crippen LogP contribution in [0.25, 0.3) is 0 Å². The van der Waals surface area contributed by atoms with Crippen molar-refractivity contribution in [1.82, 2.24) is 4.90 Å². The van der Waals surface area contributed by atoms with Crippen molar-refractivity contribution in [3.05, 3.63) is 0 Å². The van der Waals surface area contributed by atoms with Gasteiger partial charge in [-0.15, -0.1) is 0 Å². The summed E-state index contributed by atoms with van der Waals surface area (Å²) in [7, 11) is 0. The molecule has 1 atom stereocenters. The van der Waals surface area contributed by atoms with Crippen molar-refractivity contribution in [2.24, 2.45) is 5.92 Å². The lowest BCUT2D eigenvalue weighted by Gasteiger charge is -2.31. The second kappa shape index (κ2) is 4.25. The van der Waals surface area contributed by atoms with E-state index in [1.54, 1.807) is 4.90 Å². The lowest BCUT2D eigenvalue weighted by Crippen LogP contribution is -2.39. The van der Waals surface area contributed by atoms with Gasteiger partial charge in [0.25, 0.3) is 0 Å². The van der Waals surface area contributed by atoms with Gasteiger partial charge in [-0.3, -0.25) is 9.59 Å². The van der Waals surface area contributed by atoms with Gasteiger partial charge >= 0.3 is 5.97 Å². The first kappa shape index (κ1) is 10.0. The molecule has 1 N–H and O–H groups in total. The molecule has 4 nitrogen and oxygen atoms in total. The second-order valence-electron chi connectivity index (χ2n) is 3.57. The standard InChI is InChI=1S/C9H15NO3/c1-7(11)10-4-2-3-8(6-10)5-9(12)13/h8H,2-6H2,1H3,(H,12,13)/t8-/m1/s1. The Balaban J connectivity index is 2.41. The third kappa shape index (κ3) is 3.05. The van der Waals surface area contributed by atoms with Crippen molar-refractivity contribution in [3.63, 3.8) is 0 Å². The van der Waals surface area contributed by atoms with E-state index >= 15 is 0 Å². The normalized spacial score (nSPS) is 22.8. The first-order chi connectivity index (χ1) is 6.09. The van der Waals surface area contributed by atoms with Crippen LogP contribution in [0.4, 0.5) is 0 Å². The highest BCUT2D eigenvalue weighted by atomic mass is 16.4. The number of carboxylic acid groups (broad SMARTS) is 1. The molecule has 0 aromatic heterocycles. The van der Waals surface area contributed by atoms with Gasteiger partial charge in [-0.2, -0.15) is 0 Å². The number of carboxylic acids is 1. The van der Waals surface area contributed by atoms with Crippen LogP contribution in [0.2, 0.25) is 0 Å². The molecule has 4 heteroatoms. The minimum Gasteiger partial charge on any atom is -0.481 e. The predicted octanol–water partition coefficient (Wildman–Crippen LogP) is 0.720. The molecule has 0 aromatic carbocycles. The fraction of sp³-hybridized carbons (Fsp3) is 0.778. The van der Waals surface area contributed by atoms with Crippen molar-refractivity contribution >= 4 is 11.9 Å². The van der Waals surface area contributed by atoms with Crippen LogP contribution in [0.3, 0.4) is 0 Å². The number of aliphatic carboxylic acids is 1. The molecule has 1 heterocycles. The van der Waals surface area contributed by atoms with Crippen LogP contribution in [0.1, 0.15) is 26.2 Å². The molecule has 1 aliphatic heterocycles. The summed E-state index contributed by atoms with van der Waals surface area (Å²) >= 11 is 0. The summed E-state index contributed by atoms with van der Waals surface area (Å²) in [5.41, 5.74) is 0. The molecule has 74 valence electrons. The summed E-state index contributed by atoms with van der Waals surface area (Å²) in [5, 5.41) is 8.59. The van der Waals surface area contributed by atoms with E-state index in [0.717, 1.165) is 19.4 Å². The van der Waals surface area contributed by atoms with Gasteiger partial charge in [0.1, 0.15) is 0 Å². The minimum atomic E-state index is -0.768. The van der Waals surface area contributed by atoms with E-state index in [1.807, 2.05) is 0 Å². The fourth-order valence-corrected chi connectivity index (χ4v) is 1.76. The average Bonchev–Trinajstić information content (AvgIpc) is 2.03. The summed E-state index contributed by atoms with van der Waals surface area (Å²) in [5.74, 6) is -0.569. The van der Waals surface area contributed by atoms with Crippen LogP contribution in [0.15, 0.2) is 0 Å². The zero-order valence-electron chi connectivity index (χ0n) is 7.82. The highest BCUT2D eigenvalue weighted by molar-refractivity contribution is 5.73. The van der Waals surface area contributed by atoms with E-state index in [9.17, 15) is 9.59 Å². The molecule has 1 rings (SSSR count). The number of likely N-dealkylation sites (tertiary alicyclic amines) is 1. The molecule has 0 spiro atoms. The van der Waals surface area contributed by atoms with Crippen LogP contribution in [0, 0.1) is 5.92 Å². The fourth-order valence-electron chi connectivity index (χ4n) is 1.76. The maximum atomic E-state index is 11.0. The first-order valence-electron chi connectivity index (χ1n) is 4.57. The summed E-state index contributed by atoms with van der Waals surface area (Å²) in [4.78, 5) is 23.2. The Labute approximate surface area is 77.5 Å². The molecular weight excluding hydrogens is 170 g/mol. The predicted molar refractivity (Wildman–Crippen MR) is 47.2 cm³/mol. The van der Waals surface area contributed by atoms with Crippen molar-refractivity contribution in [2.45, 2.75) is 26.2 Å². The SMILES string of the molecule is CC(=O)N1CCC[C@H](CC(=O)O)C1. The molecule has 1 amide bonds. The number of hydrogen-bond donors (Lipinski definition) is 1. The Morgan fingerprint density at radius 2 is 2.23 bits per heavy atom. The zero-order valence-corrected chi connectivity index (χ0v) is 7.82. The molecule has 1 saturated heterocycles. The molecule has 13 heavy (non-hydrogen) atoms. The largest absolute Gasteiger partial charge is 0.481 e. The van der Waals surface area contributed by atoms with Crippen LogP contribution in [-0.2, 0) is 9.59 Å². The summed E-state index contributed by atoms with van der Waals surface area (Å²) < 4.78 is 0. The number of rotatable bonds is 2.